The molecule has 0 unspecified atom stereocenters. The molecule has 1 aliphatic carbocycles. The molecule has 1 aliphatic heterocycles. The van der Waals surface area contributed by atoms with E-state index in [0.29, 0.717) is 12.1 Å². The zero-order valence-corrected chi connectivity index (χ0v) is 10.4. The molecule has 1 aromatic rings. The maximum atomic E-state index is 11.7. The molecule has 5 nitrogen and oxygen atoms in total. The lowest BCUT2D eigenvalue weighted by Crippen LogP contribution is -2.29. The zero-order chi connectivity index (χ0) is 12.9. The first-order valence-corrected chi connectivity index (χ1v) is 5.94. The van der Waals surface area contributed by atoms with Crippen LogP contribution in [0.1, 0.15) is 35.8 Å². The fourth-order valence-corrected chi connectivity index (χ4v) is 2.59. The molecule has 0 aromatic carbocycles. The Balaban J connectivity index is 2.08. The van der Waals surface area contributed by atoms with Crippen molar-refractivity contribution < 1.29 is 14.3 Å². The summed E-state index contributed by atoms with van der Waals surface area (Å²) in [6.07, 6.45) is 3.66. The summed E-state index contributed by atoms with van der Waals surface area (Å²) < 4.78 is 4.68. The van der Waals surface area contributed by atoms with Gasteiger partial charge in [0.25, 0.3) is 0 Å². The number of nitrogens with zero attached hydrogens (tertiary/aromatic N) is 2. The van der Waals surface area contributed by atoms with Crippen molar-refractivity contribution in [3.63, 3.8) is 0 Å². The van der Waals surface area contributed by atoms with E-state index in [1.165, 1.54) is 20.2 Å². The van der Waals surface area contributed by atoms with Crippen molar-refractivity contribution in [1.29, 1.82) is 0 Å². The normalized spacial score (nSPS) is 18.7. The highest BCUT2D eigenvalue weighted by atomic mass is 16.5. The van der Waals surface area contributed by atoms with Gasteiger partial charge < -0.3 is 9.64 Å². The van der Waals surface area contributed by atoms with Crippen LogP contribution >= 0.6 is 0 Å². The topological polar surface area (TPSA) is 59.5 Å². The second-order valence-corrected chi connectivity index (χ2v) is 4.97. The van der Waals surface area contributed by atoms with E-state index < -0.39 is 5.97 Å². The summed E-state index contributed by atoms with van der Waals surface area (Å²) in [7, 11) is 1.33. The summed E-state index contributed by atoms with van der Waals surface area (Å²) in [5, 5.41) is 0. The van der Waals surface area contributed by atoms with Gasteiger partial charge in [-0.3, -0.25) is 9.78 Å². The molecule has 94 valence electrons. The number of anilines is 1. The van der Waals surface area contributed by atoms with Gasteiger partial charge in [-0.15, -0.1) is 0 Å². The summed E-state index contributed by atoms with van der Waals surface area (Å²) >= 11 is 0. The van der Waals surface area contributed by atoms with Crippen LogP contribution in [0.5, 0.6) is 0 Å². The number of hydrogen-bond donors (Lipinski definition) is 0. The number of fused-ring (bicyclic) bond motifs is 2. The molecule has 1 fully saturated rings. The molecule has 0 radical (unpaired) electrons. The van der Waals surface area contributed by atoms with E-state index in [1.54, 1.807) is 11.0 Å². The molecule has 18 heavy (non-hydrogen) atoms. The Labute approximate surface area is 105 Å². The van der Waals surface area contributed by atoms with Gasteiger partial charge in [-0.2, -0.15) is 0 Å². The van der Waals surface area contributed by atoms with Crippen molar-refractivity contribution in [3.05, 3.63) is 23.5 Å². The molecular formula is C13H14N2O3. The molecule has 1 saturated carbocycles. The lowest BCUT2D eigenvalue weighted by atomic mass is 10.0. The van der Waals surface area contributed by atoms with Gasteiger partial charge in [0, 0.05) is 25.1 Å². The third-order valence-corrected chi connectivity index (χ3v) is 3.78. The van der Waals surface area contributed by atoms with Crippen molar-refractivity contribution in [1.82, 2.24) is 4.98 Å². The van der Waals surface area contributed by atoms with Crippen LogP contribution in [0.25, 0.3) is 0 Å². The summed E-state index contributed by atoms with van der Waals surface area (Å²) in [6, 6.07) is 1.71. The molecule has 1 aromatic heterocycles. The molecule has 0 N–H and O–H groups in total. The van der Waals surface area contributed by atoms with E-state index in [2.05, 4.69) is 9.72 Å². The molecule has 5 heteroatoms. The van der Waals surface area contributed by atoms with Crippen molar-refractivity contribution in [2.75, 3.05) is 18.6 Å². The van der Waals surface area contributed by atoms with Crippen LogP contribution in [0.3, 0.4) is 0 Å². The van der Waals surface area contributed by atoms with Crippen LogP contribution in [0, 0.1) is 0 Å². The summed E-state index contributed by atoms with van der Waals surface area (Å²) in [4.78, 5) is 29.2. The van der Waals surface area contributed by atoms with Crippen LogP contribution in [0.2, 0.25) is 0 Å². The third kappa shape index (κ3) is 1.43. The summed E-state index contributed by atoms with van der Waals surface area (Å²) in [5.41, 5.74) is 2.16. The van der Waals surface area contributed by atoms with E-state index in [4.69, 9.17) is 0 Å². The number of ether oxygens (including phenoxy) is 1. The fourth-order valence-electron chi connectivity index (χ4n) is 2.59. The van der Waals surface area contributed by atoms with Gasteiger partial charge in [-0.25, -0.2) is 4.79 Å². The second-order valence-electron chi connectivity index (χ2n) is 4.97. The van der Waals surface area contributed by atoms with E-state index in [0.717, 1.165) is 24.2 Å². The fraction of sp³-hybridized carbons (Fsp3) is 0.462. The largest absolute Gasteiger partial charge is 0.465 e. The Bertz CT molecular complexity index is 549. The van der Waals surface area contributed by atoms with Crippen molar-refractivity contribution in [2.45, 2.75) is 25.2 Å². The lowest BCUT2D eigenvalue weighted by Gasteiger charge is -2.14. The first kappa shape index (κ1) is 11.2. The first-order valence-electron chi connectivity index (χ1n) is 5.94. The number of amides is 1. The molecule has 0 atom stereocenters. The average Bonchev–Trinajstić information content (AvgIpc) is 3.06. The number of rotatable bonds is 1. The summed E-state index contributed by atoms with van der Waals surface area (Å²) in [5.74, 6) is -0.436. The average molecular weight is 246 g/mol. The number of pyridine rings is 1. The molecule has 2 heterocycles. The van der Waals surface area contributed by atoms with E-state index >= 15 is 0 Å². The maximum absolute atomic E-state index is 11.7. The minimum absolute atomic E-state index is 0.0103. The van der Waals surface area contributed by atoms with Gasteiger partial charge in [0.15, 0.2) is 0 Å². The number of carbonyl (C=O) groups is 2. The Kier molecular flexibility index (Phi) is 2.20. The first-order chi connectivity index (χ1) is 8.57. The van der Waals surface area contributed by atoms with Crippen LogP contribution < -0.4 is 4.90 Å². The number of hydrogen-bond acceptors (Lipinski definition) is 4. The van der Waals surface area contributed by atoms with E-state index in [9.17, 15) is 9.59 Å². The highest BCUT2D eigenvalue weighted by molar-refractivity contribution is 5.97. The molecule has 1 spiro atoms. The van der Waals surface area contributed by atoms with Gasteiger partial charge in [0.05, 0.1) is 24.1 Å². The predicted molar refractivity (Wildman–Crippen MR) is 64.5 cm³/mol. The summed E-state index contributed by atoms with van der Waals surface area (Å²) in [6.45, 7) is 2.23. The van der Waals surface area contributed by atoms with Gasteiger partial charge in [-0.1, -0.05) is 0 Å². The minimum atomic E-state index is -0.425. The number of aromatic nitrogens is 1. The van der Waals surface area contributed by atoms with Crippen molar-refractivity contribution in [3.8, 4) is 0 Å². The highest BCUT2D eigenvalue weighted by Gasteiger charge is 2.54. The predicted octanol–water partition coefficient (Wildman–Crippen LogP) is 1.27. The molecule has 3 rings (SSSR count). The number of carbonyl (C=O) groups excluding carboxylic acids is 2. The van der Waals surface area contributed by atoms with Gasteiger partial charge >= 0.3 is 5.97 Å². The Morgan fingerprint density at radius 2 is 2.17 bits per heavy atom. The van der Waals surface area contributed by atoms with Crippen LogP contribution in [-0.4, -0.2) is 30.5 Å². The van der Waals surface area contributed by atoms with Gasteiger partial charge in [-0.05, 0) is 18.9 Å². The third-order valence-electron chi connectivity index (χ3n) is 3.78. The standard InChI is InChI=1S/C13H14N2O3/c1-8(16)15-7-13(3-4-13)11-10(15)5-9(6-14-11)12(17)18-2/h5-6H,3-4,7H2,1-2H3. The van der Waals surface area contributed by atoms with E-state index in [-0.39, 0.29) is 11.3 Å². The molecule has 0 bridgehead atoms. The van der Waals surface area contributed by atoms with Gasteiger partial charge in [0.2, 0.25) is 5.91 Å². The van der Waals surface area contributed by atoms with Crippen molar-refractivity contribution in [2.24, 2.45) is 0 Å². The molecule has 2 aliphatic rings. The Morgan fingerprint density at radius 1 is 1.44 bits per heavy atom. The van der Waals surface area contributed by atoms with Crippen molar-refractivity contribution >= 4 is 17.6 Å². The van der Waals surface area contributed by atoms with E-state index in [1.807, 2.05) is 0 Å². The molecule has 0 saturated heterocycles. The quantitative estimate of drug-likeness (QED) is 0.700. The highest BCUT2D eigenvalue weighted by Crippen LogP contribution is 2.55. The van der Waals surface area contributed by atoms with Crippen LogP contribution in [0.15, 0.2) is 12.3 Å². The lowest BCUT2D eigenvalue weighted by molar-refractivity contribution is -0.116. The maximum Gasteiger partial charge on any atom is 0.339 e. The number of esters is 1. The van der Waals surface area contributed by atoms with Crippen LogP contribution in [0.4, 0.5) is 5.69 Å². The SMILES string of the molecule is COC(=O)c1cnc2c(c1)N(C(C)=O)CC21CC1. The minimum Gasteiger partial charge on any atom is -0.465 e. The zero-order valence-electron chi connectivity index (χ0n) is 10.4. The monoisotopic (exact) mass is 246 g/mol. The Hall–Kier alpha value is -1.91. The van der Waals surface area contributed by atoms with Crippen LogP contribution in [-0.2, 0) is 14.9 Å². The van der Waals surface area contributed by atoms with Gasteiger partial charge in [0.1, 0.15) is 0 Å². The number of methoxy groups -OCH3 is 1. The molecular weight excluding hydrogens is 232 g/mol. The Morgan fingerprint density at radius 3 is 2.72 bits per heavy atom. The molecule has 1 amide bonds. The smallest absolute Gasteiger partial charge is 0.339 e. The second kappa shape index (κ2) is 3.54.